The van der Waals surface area contributed by atoms with Gasteiger partial charge in [-0.1, -0.05) is 0 Å². The number of nitrogens with two attached hydrogens (primary N) is 1. The second-order valence-electron chi connectivity index (χ2n) is 7.07. The van der Waals surface area contributed by atoms with E-state index in [0.717, 1.165) is 43.9 Å². The van der Waals surface area contributed by atoms with Gasteiger partial charge < -0.3 is 24.8 Å². The fourth-order valence-electron chi connectivity index (χ4n) is 3.50. The molecule has 0 spiro atoms. The van der Waals surface area contributed by atoms with Crippen molar-refractivity contribution in [3.8, 4) is 5.75 Å². The molecule has 3 N–H and O–H groups in total. The molecule has 1 aromatic carbocycles. The largest absolute Gasteiger partial charge is 0.491 e. The van der Waals surface area contributed by atoms with Crippen LogP contribution in [0.1, 0.15) is 24.0 Å². The maximum Gasteiger partial charge on any atom is 0.129 e. The van der Waals surface area contributed by atoms with Gasteiger partial charge in [0.2, 0.25) is 0 Å². The van der Waals surface area contributed by atoms with E-state index in [-0.39, 0.29) is 6.10 Å². The van der Waals surface area contributed by atoms with Gasteiger partial charge in [-0.15, -0.1) is 0 Å². The Kier molecular flexibility index (Phi) is 5.73. The van der Waals surface area contributed by atoms with Crippen molar-refractivity contribution in [2.24, 2.45) is 0 Å². The first-order valence-electron chi connectivity index (χ1n) is 9.72. The lowest BCUT2D eigenvalue weighted by molar-refractivity contribution is 0.0679. The number of hydrogen-bond acceptors (Lipinski definition) is 7. The number of nitrogens with zero attached hydrogens (tertiary/aromatic N) is 2. The van der Waals surface area contributed by atoms with E-state index in [9.17, 15) is 0 Å². The number of benzene rings is 1. The van der Waals surface area contributed by atoms with Crippen molar-refractivity contribution in [3.63, 3.8) is 0 Å². The molecule has 2 aliphatic heterocycles. The molecule has 3 heterocycles. The van der Waals surface area contributed by atoms with Gasteiger partial charge in [-0.25, -0.2) is 4.98 Å². The molecule has 2 fully saturated rings. The van der Waals surface area contributed by atoms with Crippen molar-refractivity contribution in [2.45, 2.75) is 18.9 Å². The molecule has 7 heteroatoms. The van der Waals surface area contributed by atoms with Crippen molar-refractivity contribution in [1.29, 1.82) is 5.41 Å². The van der Waals surface area contributed by atoms with Gasteiger partial charge in [0.1, 0.15) is 18.2 Å². The first-order valence-corrected chi connectivity index (χ1v) is 9.72. The van der Waals surface area contributed by atoms with Crippen molar-refractivity contribution in [3.05, 3.63) is 47.7 Å². The second-order valence-corrected chi connectivity index (χ2v) is 7.07. The van der Waals surface area contributed by atoms with E-state index in [4.69, 9.17) is 25.4 Å². The highest BCUT2D eigenvalue weighted by Gasteiger charge is 2.18. The SMILES string of the molecule is N=C(c1ccnc(N2CCOCC2)c1)c1cc(OCC2CCCO2)ccc1N. The van der Waals surface area contributed by atoms with Gasteiger partial charge in [-0.3, -0.25) is 5.41 Å². The Hall–Kier alpha value is -2.64. The summed E-state index contributed by atoms with van der Waals surface area (Å²) in [5.74, 6) is 1.56. The van der Waals surface area contributed by atoms with Gasteiger partial charge in [0.15, 0.2) is 0 Å². The Morgan fingerprint density at radius 2 is 2.07 bits per heavy atom. The van der Waals surface area contributed by atoms with Gasteiger partial charge >= 0.3 is 0 Å². The molecule has 28 heavy (non-hydrogen) atoms. The van der Waals surface area contributed by atoms with Crippen molar-refractivity contribution < 1.29 is 14.2 Å². The van der Waals surface area contributed by atoms with E-state index in [1.165, 1.54) is 0 Å². The smallest absolute Gasteiger partial charge is 0.129 e. The predicted octanol–water partition coefficient (Wildman–Crippen LogP) is 2.47. The third-order valence-electron chi connectivity index (χ3n) is 5.12. The summed E-state index contributed by atoms with van der Waals surface area (Å²) in [7, 11) is 0. The Bertz CT molecular complexity index is 830. The topological polar surface area (TPSA) is 93.7 Å². The summed E-state index contributed by atoms with van der Waals surface area (Å²) in [6.07, 6.45) is 4.00. The van der Waals surface area contributed by atoms with Gasteiger partial charge in [0.05, 0.1) is 25.0 Å². The third-order valence-corrected chi connectivity index (χ3v) is 5.12. The Balaban J connectivity index is 1.51. The van der Waals surface area contributed by atoms with Crippen LogP contribution in [0.25, 0.3) is 0 Å². The van der Waals surface area contributed by atoms with Crippen LogP contribution in [0.5, 0.6) is 5.75 Å². The summed E-state index contributed by atoms with van der Waals surface area (Å²) < 4.78 is 16.9. The molecular formula is C21H26N4O3. The highest BCUT2D eigenvalue weighted by molar-refractivity contribution is 6.14. The van der Waals surface area contributed by atoms with Crippen LogP contribution < -0.4 is 15.4 Å². The molecule has 2 aromatic rings. The molecule has 2 saturated heterocycles. The summed E-state index contributed by atoms with van der Waals surface area (Å²) in [5, 5.41) is 8.69. The van der Waals surface area contributed by atoms with Crippen molar-refractivity contribution in [2.75, 3.05) is 50.2 Å². The molecule has 1 unspecified atom stereocenters. The molecule has 0 saturated carbocycles. The van der Waals surface area contributed by atoms with Gasteiger partial charge in [0, 0.05) is 42.7 Å². The van der Waals surface area contributed by atoms with Crippen LogP contribution in [0.15, 0.2) is 36.5 Å². The summed E-state index contributed by atoms with van der Waals surface area (Å²) >= 11 is 0. The summed E-state index contributed by atoms with van der Waals surface area (Å²) in [4.78, 5) is 6.63. The van der Waals surface area contributed by atoms with Crippen molar-refractivity contribution >= 4 is 17.2 Å². The van der Waals surface area contributed by atoms with Crippen LogP contribution >= 0.6 is 0 Å². The zero-order chi connectivity index (χ0) is 19.3. The van der Waals surface area contributed by atoms with E-state index in [2.05, 4.69) is 9.88 Å². The molecule has 148 valence electrons. The monoisotopic (exact) mass is 382 g/mol. The number of morpholine rings is 1. The molecular weight excluding hydrogens is 356 g/mol. The Labute approximate surface area is 164 Å². The third kappa shape index (κ3) is 4.26. The first-order chi connectivity index (χ1) is 13.7. The fraction of sp³-hybridized carbons (Fsp3) is 0.429. The molecule has 2 aliphatic rings. The summed E-state index contributed by atoms with van der Waals surface area (Å²) in [6.45, 7) is 4.32. The van der Waals surface area contributed by atoms with Gasteiger partial charge in [0.25, 0.3) is 0 Å². The number of aromatic nitrogens is 1. The van der Waals surface area contributed by atoms with Crippen LogP contribution in [0.3, 0.4) is 0 Å². The Morgan fingerprint density at radius 1 is 1.21 bits per heavy atom. The van der Waals surface area contributed by atoms with Crippen molar-refractivity contribution in [1.82, 2.24) is 4.98 Å². The Morgan fingerprint density at radius 3 is 2.86 bits per heavy atom. The van der Waals surface area contributed by atoms with Crippen LogP contribution in [0.2, 0.25) is 0 Å². The number of nitrogens with one attached hydrogen (secondary N) is 1. The number of pyridine rings is 1. The lowest BCUT2D eigenvalue weighted by Gasteiger charge is -2.28. The zero-order valence-corrected chi connectivity index (χ0v) is 15.9. The maximum atomic E-state index is 8.69. The van der Waals surface area contributed by atoms with Crippen LogP contribution in [0.4, 0.5) is 11.5 Å². The minimum absolute atomic E-state index is 0.150. The highest BCUT2D eigenvalue weighted by Crippen LogP contribution is 2.25. The molecule has 0 aliphatic carbocycles. The molecule has 0 amide bonds. The lowest BCUT2D eigenvalue weighted by atomic mass is 10.0. The van der Waals surface area contributed by atoms with Gasteiger partial charge in [-0.05, 0) is 43.2 Å². The fourth-order valence-corrected chi connectivity index (χ4v) is 3.50. The van der Waals surface area contributed by atoms with E-state index >= 15 is 0 Å². The predicted molar refractivity (Wildman–Crippen MR) is 109 cm³/mol. The maximum absolute atomic E-state index is 8.69. The van der Waals surface area contributed by atoms with Gasteiger partial charge in [-0.2, -0.15) is 0 Å². The standard InChI is InChI=1S/C21H26N4O3/c22-19-4-3-16(28-14-17-2-1-9-27-17)13-18(19)21(23)15-5-6-24-20(12-15)25-7-10-26-11-8-25/h3-6,12-13,17,23H,1-2,7-11,14,22H2. The summed E-state index contributed by atoms with van der Waals surface area (Å²) in [6, 6.07) is 9.24. The molecule has 1 atom stereocenters. The van der Waals surface area contributed by atoms with E-state index in [1.54, 1.807) is 12.3 Å². The number of anilines is 2. The average molecular weight is 382 g/mol. The van der Waals surface area contributed by atoms with E-state index in [1.807, 2.05) is 24.3 Å². The normalized spacial score (nSPS) is 19.6. The minimum atomic E-state index is 0.150. The number of ether oxygens (including phenoxy) is 3. The van der Waals surface area contributed by atoms with Crippen LogP contribution in [-0.2, 0) is 9.47 Å². The van der Waals surface area contributed by atoms with E-state index in [0.29, 0.717) is 42.5 Å². The minimum Gasteiger partial charge on any atom is -0.491 e. The zero-order valence-electron chi connectivity index (χ0n) is 15.9. The molecule has 0 bridgehead atoms. The van der Waals surface area contributed by atoms with E-state index < -0.39 is 0 Å². The molecule has 0 radical (unpaired) electrons. The average Bonchev–Trinajstić information content (AvgIpc) is 3.27. The molecule has 7 nitrogen and oxygen atoms in total. The number of nitrogen functional groups attached to an aromatic ring is 1. The van der Waals surface area contributed by atoms with Crippen LogP contribution in [0, 0.1) is 5.41 Å². The van der Waals surface area contributed by atoms with Crippen LogP contribution in [-0.4, -0.2) is 56.3 Å². The second kappa shape index (κ2) is 8.58. The highest BCUT2D eigenvalue weighted by atomic mass is 16.5. The molecule has 4 rings (SSSR count). The quantitative estimate of drug-likeness (QED) is 0.589. The number of rotatable bonds is 6. The first kappa shape index (κ1) is 18.7. The summed E-state index contributed by atoms with van der Waals surface area (Å²) in [5.41, 5.74) is 8.51. The number of hydrogen-bond donors (Lipinski definition) is 2. The molecule has 1 aromatic heterocycles. The lowest BCUT2D eigenvalue weighted by Crippen LogP contribution is -2.36.